The van der Waals surface area contributed by atoms with E-state index in [1.54, 1.807) is 0 Å². The Morgan fingerprint density at radius 2 is 0.730 bits per heavy atom. The van der Waals surface area contributed by atoms with Crippen molar-refractivity contribution in [3.05, 3.63) is 271 Å². The lowest BCUT2D eigenvalue weighted by molar-refractivity contribution is 0.436. The van der Waals surface area contributed by atoms with Gasteiger partial charge in [0.2, 0.25) is 0 Å². The van der Waals surface area contributed by atoms with E-state index < -0.39 is 5.41 Å². The van der Waals surface area contributed by atoms with Crippen molar-refractivity contribution in [2.75, 3.05) is 4.90 Å². The summed E-state index contributed by atoms with van der Waals surface area (Å²) in [6.45, 7) is 0. The van der Waals surface area contributed by atoms with Gasteiger partial charge in [-0.1, -0.05) is 194 Å². The molecule has 0 unspecified atom stereocenters. The van der Waals surface area contributed by atoms with Crippen LogP contribution >= 0.6 is 0 Å². The summed E-state index contributed by atoms with van der Waals surface area (Å²) in [7, 11) is 0. The van der Waals surface area contributed by atoms with E-state index in [2.05, 4.69) is 254 Å². The van der Waals surface area contributed by atoms with Crippen LogP contribution in [0.25, 0.3) is 55.6 Å². The molecule has 0 N–H and O–H groups in total. The van der Waals surface area contributed by atoms with Crippen LogP contribution < -0.4 is 9.64 Å². The zero-order chi connectivity index (χ0) is 41.7. The topological polar surface area (TPSA) is 12.5 Å². The lowest BCUT2D eigenvalue weighted by Gasteiger charge is -2.39. The first-order valence-electron chi connectivity index (χ1n) is 21.7. The summed E-state index contributed by atoms with van der Waals surface area (Å²) < 4.78 is 6.61. The maximum atomic E-state index is 6.61. The molecule has 1 heterocycles. The van der Waals surface area contributed by atoms with Crippen LogP contribution in [0, 0.1) is 0 Å². The summed E-state index contributed by atoms with van der Waals surface area (Å²) >= 11 is 0. The summed E-state index contributed by atoms with van der Waals surface area (Å²) in [5, 5.41) is 0. The lowest BCUT2D eigenvalue weighted by Crippen LogP contribution is -2.32. The third kappa shape index (κ3) is 6.02. The lowest BCUT2D eigenvalue weighted by atomic mass is 9.66. The van der Waals surface area contributed by atoms with Gasteiger partial charge in [0.25, 0.3) is 0 Å². The first kappa shape index (κ1) is 36.6. The van der Waals surface area contributed by atoms with Crippen molar-refractivity contribution in [1.82, 2.24) is 0 Å². The molecule has 1 aliphatic heterocycles. The second kappa shape index (κ2) is 15.1. The summed E-state index contributed by atoms with van der Waals surface area (Å²) in [5.74, 6) is 1.80. The zero-order valence-corrected chi connectivity index (χ0v) is 34.5. The average molecular weight is 804 g/mol. The maximum absolute atomic E-state index is 6.61. The number of nitrogens with zero attached hydrogens (tertiary/aromatic N) is 1. The second-order valence-electron chi connectivity index (χ2n) is 16.4. The van der Waals surface area contributed by atoms with E-state index in [1.165, 1.54) is 61.2 Å². The zero-order valence-electron chi connectivity index (χ0n) is 34.5. The molecule has 12 rings (SSSR count). The normalized spacial score (nSPS) is 12.7. The van der Waals surface area contributed by atoms with Gasteiger partial charge in [-0.2, -0.15) is 0 Å². The minimum Gasteiger partial charge on any atom is -0.457 e. The number of para-hydroxylation sites is 2. The molecule has 10 aromatic carbocycles. The van der Waals surface area contributed by atoms with Crippen LogP contribution in [-0.2, 0) is 5.41 Å². The molecule has 0 aromatic heterocycles. The van der Waals surface area contributed by atoms with E-state index in [4.69, 9.17) is 4.74 Å². The SMILES string of the molecule is c1ccc(-c2cccc(N(c3ccc(-c4cccc5c4-c4ccccc4C54c5ccccc5Oc5ccccc54)cc3)c3cc(-c4ccccc4)cc(-c4ccccc4)c3)c2)cc1. The van der Waals surface area contributed by atoms with Crippen LogP contribution in [0.5, 0.6) is 11.5 Å². The summed E-state index contributed by atoms with van der Waals surface area (Å²) in [6.07, 6.45) is 0. The Kier molecular flexibility index (Phi) is 8.76. The molecule has 2 aliphatic rings. The van der Waals surface area contributed by atoms with E-state index in [-0.39, 0.29) is 0 Å². The van der Waals surface area contributed by atoms with Crippen LogP contribution in [0.3, 0.4) is 0 Å². The fraction of sp³-hybridized carbons (Fsp3) is 0.0164. The van der Waals surface area contributed by atoms with Gasteiger partial charge in [0.15, 0.2) is 0 Å². The summed E-state index contributed by atoms with van der Waals surface area (Å²) in [6, 6.07) is 90.1. The molecule has 0 bridgehead atoms. The smallest absolute Gasteiger partial charge is 0.132 e. The van der Waals surface area contributed by atoms with E-state index >= 15 is 0 Å². The van der Waals surface area contributed by atoms with Crippen LogP contribution in [0.2, 0.25) is 0 Å². The predicted octanol–water partition coefficient (Wildman–Crippen LogP) is 16.3. The first-order valence-corrected chi connectivity index (χ1v) is 21.7. The first-order chi connectivity index (χ1) is 31.2. The van der Waals surface area contributed by atoms with Gasteiger partial charge >= 0.3 is 0 Å². The Hall–Kier alpha value is -8.20. The highest BCUT2D eigenvalue weighted by molar-refractivity contribution is 5.97. The Morgan fingerprint density at radius 1 is 0.270 bits per heavy atom. The Morgan fingerprint density at radius 3 is 1.35 bits per heavy atom. The molecule has 1 spiro atoms. The molecule has 2 nitrogen and oxygen atoms in total. The molecular weight excluding hydrogens is 763 g/mol. The number of hydrogen-bond donors (Lipinski definition) is 0. The predicted molar refractivity (Wildman–Crippen MR) is 260 cm³/mol. The van der Waals surface area contributed by atoms with E-state index in [0.29, 0.717) is 0 Å². The highest BCUT2D eigenvalue weighted by Gasteiger charge is 2.51. The van der Waals surface area contributed by atoms with E-state index in [1.807, 2.05) is 0 Å². The number of ether oxygens (including phenoxy) is 1. The van der Waals surface area contributed by atoms with Crippen LogP contribution in [0.4, 0.5) is 17.1 Å². The fourth-order valence-electron chi connectivity index (χ4n) is 10.2. The largest absolute Gasteiger partial charge is 0.457 e. The summed E-state index contributed by atoms with van der Waals surface area (Å²) in [5.41, 5.74) is 19.5. The number of benzene rings is 10. The van der Waals surface area contributed by atoms with Gasteiger partial charge in [0.1, 0.15) is 11.5 Å². The molecule has 63 heavy (non-hydrogen) atoms. The van der Waals surface area contributed by atoms with Crippen molar-refractivity contribution >= 4 is 17.1 Å². The van der Waals surface area contributed by atoms with Crippen molar-refractivity contribution in [1.29, 1.82) is 0 Å². The Balaban J connectivity index is 1.04. The van der Waals surface area contributed by atoms with Gasteiger partial charge in [-0.05, 0) is 121 Å². The van der Waals surface area contributed by atoms with Crippen molar-refractivity contribution in [2.24, 2.45) is 0 Å². The third-order valence-corrected chi connectivity index (χ3v) is 12.9. The average Bonchev–Trinajstić information content (AvgIpc) is 3.66. The number of fused-ring (bicyclic) bond motifs is 9. The minimum atomic E-state index is -0.520. The van der Waals surface area contributed by atoms with E-state index in [0.717, 1.165) is 45.3 Å². The Labute approximate surface area is 368 Å². The molecule has 0 saturated carbocycles. The summed E-state index contributed by atoms with van der Waals surface area (Å²) in [4.78, 5) is 2.41. The number of anilines is 3. The third-order valence-electron chi connectivity index (χ3n) is 12.9. The van der Waals surface area contributed by atoms with Crippen LogP contribution in [0.15, 0.2) is 249 Å². The van der Waals surface area contributed by atoms with Crippen LogP contribution in [0.1, 0.15) is 22.3 Å². The van der Waals surface area contributed by atoms with Crippen molar-refractivity contribution in [3.8, 4) is 67.1 Å². The number of hydrogen-bond acceptors (Lipinski definition) is 2. The van der Waals surface area contributed by atoms with Crippen LogP contribution in [-0.4, -0.2) is 0 Å². The monoisotopic (exact) mass is 803 g/mol. The highest BCUT2D eigenvalue weighted by atomic mass is 16.5. The second-order valence-corrected chi connectivity index (χ2v) is 16.4. The van der Waals surface area contributed by atoms with Gasteiger partial charge in [-0.15, -0.1) is 0 Å². The van der Waals surface area contributed by atoms with E-state index in [9.17, 15) is 0 Å². The maximum Gasteiger partial charge on any atom is 0.132 e. The Bertz CT molecular complexity index is 3200. The molecule has 0 atom stereocenters. The molecule has 0 fully saturated rings. The van der Waals surface area contributed by atoms with Crippen molar-refractivity contribution in [3.63, 3.8) is 0 Å². The van der Waals surface area contributed by atoms with Gasteiger partial charge in [-0.3, -0.25) is 0 Å². The highest BCUT2D eigenvalue weighted by Crippen LogP contribution is 2.63. The molecule has 2 heteroatoms. The van der Waals surface area contributed by atoms with Gasteiger partial charge < -0.3 is 9.64 Å². The molecular formula is C61H41NO. The quantitative estimate of drug-likeness (QED) is 0.159. The van der Waals surface area contributed by atoms with Crippen molar-refractivity contribution < 1.29 is 4.74 Å². The minimum absolute atomic E-state index is 0.520. The molecule has 0 radical (unpaired) electrons. The number of rotatable bonds is 7. The molecule has 296 valence electrons. The standard InChI is InChI=1S/C61H41NO/c1-4-18-42(19-5-1)46-24-16-25-50(39-46)62(51-40-47(43-20-6-2-7-21-43)38-48(41-51)44-22-8-3-9-23-44)49-36-34-45(35-37-49)52-27-17-31-57-60(52)53-26-10-11-28-54(53)61(57)55-29-12-14-32-58(55)63-59-33-15-13-30-56(59)61/h1-41H. The van der Waals surface area contributed by atoms with Gasteiger partial charge in [-0.25, -0.2) is 0 Å². The van der Waals surface area contributed by atoms with Crippen molar-refractivity contribution in [2.45, 2.75) is 5.41 Å². The molecule has 1 aliphatic carbocycles. The molecule has 0 amide bonds. The molecule has 10 aromatic rings. The fourth-order valence-corrected chi connectivity index (χ4v) is 10.2. The van der Waals surface area contributed by atoms with Gasteiger partial charge in [0.05, 0.1) is 5.41 Å². The van der Waals surface area contributed by atoms with Gasteiger partial charge in [0, 0.05) is 28.2 Å². The molecule has 0 saturated heterocycles.